The number of carbonyl (C=O) groups is 2. The van der Waals surface area contributed by atoms with E-state index in [9.17, 15) is 14.0 Å². The van der Waals surface area contributed by atoms with Crippen LogP contribution in [0.25, 0.3) is 0 Å². The average molecular weight is 411 g/mol. The van der Waals surface area contributed by atoms with Crippen molar-refractivity contribution in [2.45, 2.75) is 26.3 Å². The maximum atomic E-state index is 13.8. The number of amides is 2. The summed E-state index contributed by atoms with van der Waals surface area (Å²) in [5.74, 6) is -1.75. The van der Waals surface area contributed by atoms with Crippen LogP contribution in [0.3, 0.4) is 0 Å². The van der Waals surface area contributed by atoms with Gasteiger partial charge in [-0.05, 0) is 42.2 Å². The summed E-state index contributed by atoms with van der Waals surface area (Å²) in [6, 6.07) is 10.0. The highest BCUT2D eigenvalue weighted by molar-refractivity contribution is 6.35. The lowest BCUT2D eigenvalue weighted by Gasteiger charge is -2.22. The summed E-state index contributed by atoms with van der Waals surface area (Å²) < 4.78 is 13.8. The quantitative estimate of drug-likeness (QED) is 0.716. The van der Waals surface area contributed by atoms with Gasteiger partial charge in [0.2, 0.25) is 5.91 Å². The Labute approximate surface area is 168 Å². The largest absolute Gasteiger partial charge is 0.354 e. The van der Waals surface area contributed by atoms with Gasteiger partial charge in [0.1, 0.15) is 11.9 Å². The highest BCUT2D eigenvalue weighted by atomic mass is 35.5. The molecule has 0 bridgehead atoms. The van der Waals surface area contributed by atoms with Crippen molar-refractivity contribution in [3.8, 4) is 0 Å². The van der Waals surface area contributed by atoms with Crippen LogP contribution in [0.5, 0.6) is 0 Å². The Morgan fingerprint density at radius 3 is 2.44 bits per heavy atom. The number of rotatable bonds is 7. The SMILES string of the molecule is CC(C)C(NC(=O)c1ccccc1F)C(=O)NCCc1ccc(Cl)cc1Cl. The van der Waals surface area contributed by atoms with Crippen molar-refractivity contribution in [2.24, 2.45) is 5.92 Å². The van der Waals surface area contributed by atoms with E-state index in [1.165, 1.54) is 18.2 Å². The van der Waals surface area contributed by atoms with E-state index in [-0.39, 0.29) is 17.4 Å². The molecule has 0 saturated carbocycles. The summed E-state index contributed by atoms with van der Waals surface area (Å²) >= 11 is 12.0. The first-order chi connectivity index (χ1) is 12.8. The van der Waals surface area contributed by atoms with Crippen molar-refractivity contribution in [2.75, 3.05) is 6.54 Å². The monoisotopic (exact) mass is 410 g/mol. The third-order valence-corrected chi connectivity index (χ3v) is 4.65. The predicted octanol–water partition coefficient (Wildman–Crippen LogP) is 4.25. The molecule has 0 fully saturated rings. The molecule has 4 nitrogen and oxygen atoms in total. The molecule has 7 heteroatoms. The summed E-state index contributed by atoms with van der Waals surface area (Å²) in [6.45, 7) is 3.96. The zero-order valence-corrected chi connectivity index (χ0v) is 16.6. The summed E-state index contributed by atoms with van der Waals surface area (Å²) in [7, 11) is 0. The Morgan fingerprint density at radius 2 is 1.81 bits per heavy atom. The molecule has 144 valence electrons. The highest BCUT2D eigenvalue weighted by Gasteiger charge is 2.25. The maximum Gasteiger partial charge on any atom is 0.254 e. The van der Waals surface area contributed by atoms with Gasteiger partial charge in [0.25, 0.3) is 5.91 Å². The van der Waals surface area contributed by atoms with Gasteiger partial charge >= 0.3 is 0 Å². The van der Waals surface area contributed by atoms with Crippen molar-refractivity contribution in [1.82, 2.24) is 10.6 Å². The summed E-state index contributed by atoms with van der Waals surface area (Å²) in [5.41, 5.74) is 0.766. The molecule has 0 aliphatic rings. The summed E-state index contributed by atoms with van der Waals surface area (Å²) in [5, 5.41) is 6.47. The van der Waals surface area contributed by atoms with Gasteiger partial charge in [-0.1, -0.05) is 55.2 Å². The van der Waals surface area contributed by atoms with E-state index in [1.807, 2.05) is 13.8 Å². The van der Waals surface area contributed by atoms with E-state index in [2.05, 4.69) is 10.6 Å². The molecule has 2 N–H and O–H groups in total. The first-order valence-corrected chi connectivity index (χ1v) is 9.32. The minimum absolute atomic E-state index is 0.0936. The van der Waals surface area contributed by atoms with Crippen LogP contribution < -0.4 is 10.6 Å². The van der Waals surface area contributed by atoms with E-state index >= 15 is 0 Å². The number of nitrogens with one attached hydrogen (secondary N) is 2. The zero-order valence-electron chi connectivity index (χ0n) is 15.1. The van der Waals surface area contributed by atoms with Crippen molar-refractivity contribution in [3.63, 3.8) is 0 Å². The van der Waals surface area contributed by atoms with Crippen molar-refractivity contribution in [1.29, 1.82) is 0 Å². The number of halogens is 3. The van der Waals surface area contributed by atoms with Crippen molar-refractivity contribution >= 4 is 35.0 Å². The van der Waals surface area contributed by atoms with Crippen LogP contribution in [-0.2, 0) is 11.2 Å². The Kier molecular flexibility index (Phi) is 7.63. The van der Waals surface area contributed by atoms with Crippen LogP contribution in [0.4, 0.5) is 4.39 Å². The van der Waals surface area contributed by atoms with Gasteiger partial charge in [0, 0.05) is 16.6 Å². The lowest BCUT2D eigenvalue weighted by atomic mass is 10.0. The zero-order chi connectivity index (χ0) is 20.0. The van der Waals surface area contributed by atoms with E-state index in [0.717, 1.165) is 5.56 Å². The molecule has 0 radical (unpaired) electrons. The third-order valence-electron chi connectivity index (χ3n) is 4.06. The predicted molar refractivity (Wildman–Crippen MR) is 106 cm³/mol. The molecule has 27 heavy (non-hydrogen) atoms. The van der Waals surface area contributed by atoms with Gasteiger partial charge in [-0.2, -0.15) is 0 Å². The van der Waals surface area contributed by atoms with Gasteiger partial charge in [-0.15, -0.1) is 0 Å². The molecular weight excluding hydrogens is 390 g/mol. The van der Waals surface area contributed by atoms with Gasteiger partial charge in [-0.25, -0.2) is 4.39 Å². The van der Waals surface area contributed by atoms with Crippen LogP contribution in [0.2, 0.25) is 10.0 Å². The van der Waals surface area contributed by atoms with Gasteiger partial charge in [0.15, 0.2) is 0 Å². The number of hydrogen-bond donors (Lipinski definition) is 2. The molecule has 1 atom stereocenters. The smallest absolute Gasteiger partial charge is 0.254 e. The van der Waals surface area contributed by atoms with E-state index in [4.69, 9.17) is 23.2 Å². The minimum Gasteiger partial charge on any atom is -0.354 e. The van der Waals surface area contributed by atoms with E-state index in [0.29, 0.717) is 23.0 Å². The summed E-state index contributed by atoms with van der Waals surface area (Å²) in [6.07, 6.45) is 0.522. The van der Waals surface area contributed by atoms with Crippen LogP contribution >= 0.6 is 23.2 Å². The molecule has 0 aromatic heterocycles. The van der Waals surface area contributed by atoms with E-state index < -0.39 is 17.8 Å². The molecular formula is C20H21Cl2FN2O2. The Morgan fingerprint density at radius 1 is 1.11 bits per heavy atom. The molecule has 1 unspecified atom stereocenters. The van der Waals surface area contributed by atoms with Gasteiger partial charge in [0.05, 0.1) is 5.56 Å². The maximum absolute atomic E-state index is 13.8. The Balaban J connectivity index is 1.96. The fraction of sp³-hybridized carbons (Fsp3) is 0.300. The first kappa shape index (κ1) is 21.2. The lowest BCUT2D eigenvalue weighted by molar-refractivity contribution is -0.123. The number of carbonyl (C=O) groups excluding carboxylic acids is 2. The third kappa shape index (κ3) is 5.94. The number of hydrogen-bond acceptors (Lipinski definition) is 2. The normalized spacial score (nSPS) is 11.9. The van der Waals surface area contributed by atoms with Crippen LogP contribution in [0.1, 0.15) is 29.8 Å². The fourth-order valence-corrected chi connectivity index (χ4v) is 3.06. The molecule has 0 aliphatic heterocycles. The second kappa shape index (κ2) is 9.72. The van der Waals surface area contributed by atoms with E-state index in [1.54, 1.807) is 24.3 Å². The second-order valence-electron chi connectivity index (χ2n) is 6.45. The molecule has 0 aliphatic carbocycles. The Hall–Kier alpha value is -2.11. The van der Waals surface area contributed by atoms with Crippen LogP contribution in [0, 0.1) is 11.7 Å². The Bertz CT molecular complexity index is 827. The van der Waals surface area contributed by atoms with Gasteiger partial charge < -0.3 is 10.6 Å². The minimum atomic E-state index is -0.780. The molecule has 0 heterocycles. The highest BCUT2D eigenvalue weighted by Crippen LogP contribution is 2.21. The molecule has 2 rings (SSSR count). The van der Waals surface area contributed by atoms with Gasteiger partial charge in [-0.3, -0.25) is 9.59 Å². The lowest BCUT2D eigenvalue weighted by Crippen LogP contribution is -2.50. The van der Waals surface area contributed by atoms with Crippen LogP contribution in [-0.4, -0.2) is 24.4 Å². The van der Waals surface area contributed by atoms with Crippen LogP contribution in [0.15, 0.2) is 42.5 Å². The molecule has 2 amide bonds. The first-order valence-electron chi connectivity index (χ1n) is 8.56. The number of benzene rings is 2. The van der Waals surface area contributed by atoms with Crippen molar-refractivity contribution < 1.29 is 14.0 Å². The summed E-state index contributed by atoms with van der Waals surface area (Å²) in [4.78, 5) is 24.8. The fourth-order valence-electron chi connectivity index (χ4n) is 2.55. The second-order valence-corrected chi connectivity index (χ2v) is 7.30. The topological polar surface area (TPSA) is 58.2 Å². The van der Waals surface area contributed by atoms with Crippen molar-refractivity contribution in [3.05, 3.63) is 69.5 Å². The molecule has 0 saturated heterocycles. The molecule has 0 spiro atoms. The molecule has 2 aromatic rings. The average Bonchev–Trinajstić information content (AvgIpc) is 2.61. The standard InChI is InChI=1S/C20H21Cl2FN2O2/c1-12(2)18(25-19(26)15-5-3-4-6-17(15)23)20(27)24-10-9-13-7-8-14(21)11-16(13)22/h3-8,11-12,18H,9-10H2,1-2H3,(H,24,27)(H,25,26). The molecule has 2 aromatic carbocycles.